The van der Waals surface area contributed by atoms with Gasteiger partial charge >= 0.3 is 0 Å². The van der Waals surface area contributed by atoms with Gasteiger partial charge in [-0.05, 0) is 31.0 Å². The van der Waals surface area contributed by atoms with Crippen molar-refractivity contribution in [1.82, 2.24) is 14.9 Å². The molecule has 0 bridgehead atoms. The van der Waals surface area contributed by atoms with E-state index in [0.717, 1.165) is 6.42 Å². The summed E-state index contributed by atoms with van der Waals surface area (Å²) in [7, 11) is -3.63. The van der Waals surface area contributed by atoms with Crippen LogP contribution in [0.1, 0.15) is 37.0 Å². The second kappa shape index (κ2) is 7.76. The summed E-state index contributed by atoms with van der Waals surface area (Å²) in [5, 5.41) is 5.36. The first kappa shape index (κ1) is 18.4. The number of carbonyl (C=O) groups is 2. The lowest BCUT2D eigenvalue weighted by molar-refractivity contribution is -0.124. The summed E-state index contributed by atoms with van der Waals surface area (Å²) < 4.78 is 26.4. The minimum atomic E-state index is -3.63. The van der Waals surface area contributed by atoms with E-state index in [0.29, 0.717) is 26.1 Å². The highest BCUT2D eigenvalue weighted by atomic mass is 32.2. The zero-order valence-electron chi connectivity index (χ0n) is 13.9. The summed E-state index contributed by atoms with van der Waals surface area (Å²) in [6.45, 7) is 4.86. The van der Waals surface area contributed by atoms with Gasteiger partial charge in [-0.1, -0.05) is 19.9 Å². The smallest absolute Gasteiger partial charge is 0.251 e. The Bertz CT molecular complexity index is 714. The van der Waals surface area contributed by atoms with Gasteiger partial charge in [-0.25, -0.2) is 8.42 Å². The summed E-state index contributed by atoms with van der Waals surface area (Å²) in [6, 6.07) is 5.32. The number of hydrogen-bond acceptors (Lipinski definition) is 4. The molecule has 7 nitrogen and oxygen atoms in total. The predicted octanol–water partition coefficient (Wildman–Crippen LogP) is 0.725. The van der Waals surface area contributed by atoms with Gasteiger partial charge in [0.1, 0.15) is 6.04 Å². The molecule has 1 unspecified atom stereocenters. The maximum Gasteiger partial charge on any atom is 0.251 e. The van der Waals surface area contributed by atoms with Gasteiger partial charge in [-0.3, -0.25) is 9.59 Å². The van der Waals surface area contributed by atoms with E-state index in [1.807, 2.05) is 0 Å². The molecule has 0 radical (unpaired) electrons. The van der Waals surface area contributed by atoms with Crippen molar-refractivity contribution in [2.45, 2.75) is 37.6 Å². The van der Waals surface area contributed by atoms with Crippen molar-refractivity contribution in [2.75, 3.05) is 19.6 Å². The Balaban J connectivity index is 2.20. The van der Waals surface area contributed by atoms with Crippen molar-refractivity contribution < 1.29 is 18.0 Å². The maximum absolute atomic E-state index is 12.5. The number of hydrogen-bond donors (Lipinski definition) is 2. The molecule has 1 fully saturated rings. The summed E-state index contributed by atoms with van der Waals surface area (Å²) >= 11 is 0. The summed E-state index contributed by atoms with van der Waals surface area (Å²) in [6.07, 6.45) is 1.38. The molecule has 0 aliphatic carbocycles. The molecule has 1 saturated heterocycles. The van der Waals surface area contributed by atoms with Crippen LogP contribution in [0.4, 0.5) is 0 Å². The van der Waals surface area contributed by atoms with Gasteiger partial charge in [0.25, 0.3) is 5.91 Å². The Morgan fingerprint density at radius 3 is 2.67 bits per heavy atom. The van der Waals surface area contributed by atoms with Crippen LogP contribution < -0.4 is 10.6 Å². The van der Waals surface area contributed by atoms with Gasteiger partial charge in [0.2, 0.25) is 15.9 Å². The molecule has 1 aliphatic rings. The molecule has 132 valence electrons. The number of carbonyl (C=O) groups excluding carboxylic acids is 2. The van der Waals surface area contributed by atoms with Crippen LogP contribution in [-0.4, -0.2) is 50.2 Å². The van der Waals surface area contributed by atoms with Gasteiger partial charge < -0.3 is 10.6 Å². The maximum atomic E-state index is 12.5. The van der Waals surface area contributed by atoms with Crippen molar-refractivity contribution in [2.24, 2.45) is 0 Å². The molecular weight excluding hydrogens is 330 g/mol. The number of sulfonamides is 1. The minimum absolute atomic E-state index is 0.0759. The third-order valence-electron chi connectivity index (χ3n) is 4.03. The van der Waals surface area contributed by atoms with Gasteiger partial charge in [-0.2, -0.15) is 4.31 Å². The quantitative estimate of drug-likeness (QED) is 0.788. The van der Waals surface area contributed by atoms with E-state index in [4.69, 9.17) is 0 Å². The molecule has 2 N–H and O–H groups in total. The minimum Gasteiger partial charge on any atom is -0.354 e. The Morgan fingerprint density at radius 1 is 1.33 bits per heavy atom. The van der Waals surface area contributed by atoms with Crippen LogP contribution in [0.3, 0.4) is 0 Å². The summed E-state index contributed by atoms with van der Waals surface area (Å²) in [5.41, 5.74) is 0.224. The first-order chi connectivity index (χ1) is 11.4. The van der Waals surface area contributed by atoms with Crippen molar-refractivity contribution in [3.05, 3.63) is 29.8 Å². The molecule has 0 aromatic heterocycles. The highest BCUT2D eigenvalue weighted by Gasteiger charge is 2.26. The molecule has 24 heavy (non-hydrogen) atoms. The fourth-order valence-corrected chi connectivity index (χ4v) is 4.17. The normalized spacial score (nSPS) is 18.3. The van der Waals surface area contributed by atoms with E-state index in [-0.39, 0.29) is 16.4 Å². The molecule has 2 rings (SSSR count). The molecule has 0 spiro atoms. The Hall–Kier alpha value is -1.93. The number of rotatable bonds is 6. The topological polar surface area (TPSA) is 95.6 Å². The molecule has 1 heterocycles. The van der Waals surface area contributed by atoms with Crippen LogP contribution in [0, 0.1) is 0 Å². The standard InChI is InChI=1S/C16H23N3O4S/c1-3-19(4-2)24(22,23)13-8-5-7-12(11-13)15(20)18-14-9-6-10-17-16(14)21/h5,7-8,11,14H,3-4,6,9-10H2,1-2H3,(H,17,21)(H,18,20). The summed E-state index contributed by atoms with van der Waals surface area (Å²) in [4.78, 5) is 24.1. The average Bonchev–Trinajstić information content (AvgIpc) is 2.58. The van der Waals surface area contributed by atoms with Gasteiger partial charge in [-0.15, -0.1) is 0 Å². The molecule has 1 aliphatic heterocycles. The summed E-state index contributed by atoms with van der Waals surface area (Å²) in [5.74, 6) is -0.657. The highest BCUT2D eigenvalue weighted by Crippen LogP contribution is 2.17. The highest BCUT2D eigenvalue weighted by molar-refractivity contribution is 7.89. The Kier molecular flexibility index (Phi) is 5.95. The number of nitrogens with one attached hydrogen (secondary N) is 2. The van der Waals surface area contributed by atoms with E-state index in [2.05, 4.69) is 10.6 Å². The van der Waals surface area contributed by atoms with Crippen LogP contribution in [0.15, 0.2) is 29.2 Å². The van der Waals surface area contributed by atoms with Crippen LogP contribution in [0.5, 0.6) is 0 Å². The molecule has 2 amide bonds. The molecular formula is C16H23N3O4S. The molecule has 1 aromatic rings. The van der Waals surface area contributed by atoms with E-state index in [1.54, 1.807) is 13.8 Å². The van der Waals surface area contributed by atoms with Crippen molar-refractivity contribution in [3.63, 3.8) is 0 Å². The largest absolute Gasteiger partial charge is 0.354 e. The van der Waals surface area contributed by atoms with E-state index < -0.39 is 22.0 Å². The van der Waals surface area contributed by atoms with E-state index in [9.17, 15) is 18.0 Å². The van der Waals surface area contributed by atoms with Crippen molar-refractivity contribution in [1.29, 1.82) is 0 Å². The average molecular weight is 353 g/mol. The monoisotopic (exact) mass is 353 g/mol. The lowest BCUT2D eigenvalue weighted by Gasteiger charge is -2.23. The van der Waals surface area contributed by atoms with E-state index >= 15 is 0 Å². The Labute approximate surface area is 142 Å². The van der Waals surface area contributed by atoms with Gasteiger partial charge in [0.15, 0.2) is 0 Å². The predicted molar refractivity (Wildman–Crippen MR) is 90.0 cm³/mol. The van der Waals surface area contributed by atoms with Crippen molar-refractivity contribution in [3.8, 4) is 0 Å². The lowest BCUT2D eigenvalue weighted by Crippen LogP contribution is -2.50. The zero-order valence-corrected chi connectivity index (χ0v) is 14.7. The first-order valence-corrected chi connectivity index (χ1v) is 9.53. The lowest BCUT2D eigenvalue weighted by atomic mass is 10.1. The van der Waals surface area contributed by atoms with E-state index in [1.165, 1.54) is 28.6 Å². The first-order valence-electron chi connectivity index (χ1n) is 8.09. The number of benzene rings is 1. The van der Waals surface area contributed by atoms with Crippen LogP contribution in [0.25, 0.3) is 0 Å². The van der Waals surface area contributed by atoms with Gasteiger partial charge in [0.05, 0.1) is 4.90 Å². The van der Waals surface area contributed by atoms with Crippen LogP contribution >= 0.6 is 0 Å². The fraction of sp³-hybridized carbons (Fsp3) is 0.500. The van der Waals surface area contributed by atoms with Crippen LogP contribution in [0.2, 0.25) is 0 Å². The van der Waals surface area contributed by atoms with Crippen LogP contribution in [-0.2, 0) is 14.8 Å². The molecule has 0 saturated carbocycles. The third kappa shape index (κ3) is 3.93. The fourth-order valence-electron chi connectivity index (χ4n) is 2.66. The number of piperidine rings is 1. The second-order valence-electron chi connectivity index (χ2n) is 5.58. The van der Waals surface area contributed by atoms with Gasteiger partial charge in [0, 0.05) is 25.2 Å². The number of nitrogens with zero attached hydrogens (tertiary/aromatic N) is 1. The molecule has 1 atom stereocenters. The zero-order chi connectivity index (χ0) is 17.7. The second-order valence-corrected chi connectivity index (χ2v) is 7.51. The number of amides is 2. The molecule has 1 aromatic carbocycles. The Morgan fingerprint density at radius 2 is 2.04 bits per heavy atom. The van der Waals surface area contributed by atoms with Crippen molar-refractivity contribution >= 4 is 21.8 Å². The molecule has 8 heteroatoms. The SMILES string of the molecule is CCN(CC)S(=O)(=O)c1cccc(C(=O)NC2CCCNC2=O)c1. The third-order valence-corrected chi connectivity index (χ3v) is 6.08.